The van der Waals surface area contributed by atoms with E-state index in [1.165, 1.54) is 50.7 Å². The summed E-state index contributed by atoms with van der Waals surface area (Å²) in [4.78, 5) is 8.15. The third kappa shape index (κ3) is 14.6. The molecular formula is C30H45FN4S3. The second-order valence-electron chi connectivity index (χ2n) is 9.50. The van der Waals surface area contributed by atoms with E-state index in [9.17, 15) is 4.39 Å². The number of hydrogen-bond acceptors (Lipinski definition) is 7. The number of thiol groups is 3. The van der Waals surface area contributed by atoms with E-state index in [0.717, 1.165) is 84.6 Å². The fourth-order valence-electron chi connectivity index (χ4n) is 4.18. The summed E-state index contributed by atoms with van der Waals surface area (Å²) in [6, 6.07) is 14.0. The molecule has 3 N–H and O–H groups in total. The van der Waals surface area contributed by atoms with Crippen molar-refractivity contribution in [2.24, 2.45) is 10.7 Å². The van der Waals surface area contributed by atoms with Gasteiger partial charge in [-0.3, -0.25) is 0 Å². The van der Waals surface area contributed by atoms with Crippen molar-refractivity contribution in [2.75, 3.05) is 44.2 Å². The van der Waals surface area contributed by atoms with Crippen LogP contribution in [0.4, 0.5) is 10.1 Å². The Kier molecular flexibility index (Phi) is 17.6. The second kappa shape index (κ2) is 20.5. The average Bonchev–Trinajstić information content (AvgIpc) is 2.91. The fourth-order valence-corrected chi connectivity index (χ4v) is 4.77. The summed E-state index contributed by atoms with van der Waals surface area (Å²) in [5.41, 5.74) is 9.56. The van der Waals surface area contributed by atoms with E-state index < -0.39 is 0 Å². The molecule has 0 aliphatic heterocycles. The molecule has 2 aromatic rings. The molecule has 38 heavy (non-hydrogen) atoms. The molecule has 2 rings (SSSR count). The number of unbranched alkanes of at least 4 members (excludes halogenated alkanes) is 6. The molecule has 0 heterocycles. The fraction of sp³-hybridized carbons (Fsp3) is 0.500. The summed E-state index contributed by atoms with van der Waals surface area (Å²) in [7, 11) is 0. The van der Waals surface area contributed by atoms with Crippen LogP contribution in [-0.2, 0) is 0 Å². The minimum Gasteiger partial charge on any atom is -0.402 e. The lowest BCUT2D eigenvalue weighted by molar-refractivity contribution is 0.283. The first kappa shape index (κ1) is 32.8. The van der Waals surface area contributed by atoms with E-state index in [0.29, 0.717) is 0 Å². The van der Waals surface area contributed by atoms with Crippen LogP contribution >= 0.6 is 37.9 Å². The number of nitrogens with two attached hydrogens (primary N) is 1. The lowest BCUT2D eigenvalue weighted by atomic mass is 10.0. The smallest absolute Gasteiger partial charge is 0.123 e. The van der Waals surface area contributed by atoms with Crippen LogP contribution in [0.1, 0.15) is 56.9 Å². The number of nitrogens with zero attached hydrogens (tertiary/aromatic N) is 2. The third-order valence-corrected chi connectivity index (χ3v) is 7.03. The number of benzene rings is 2. The van der Waals surface area contributed by atoms with Crippen molar-refractivity contribution in [3.8, 4) is 0 Å². The van der Waals surface area contributed by atoms with Crippen LogP contribution in [0.25, 0.3) is 0 Å². The normalized spacial score (nSPS) is 12.4. The number of allylic oxidation sites excluding steroid dienone is 2. The van der Waals surface area contributed by atoms with Crippen molar-refractivity contribution in [1.82, 2.24) is 10.2 Å². The van der Waals surface area contributed by atoms with Gasteiger partial charge in [0.1, 0.15) is 5.82 Å². The average molecular weight is 577 g/mol. The quantitative estimate of drug-likeness (QED) is 0.0674. The van der Waals surface area contributed by atoms with Gasteiger partial charge in [-0.15, -0.1) is 12.6 Å². The van der Waals surface area contributed by atoms with Crippen LogP contribution in [0, 0.1) is 5.82 Å². The van der Waals surface area contributed by atoms with Gasteiger partial charge >= 0.3 is 0 Å². The van der Waals surface area contributed by atoms with E-state index >= 15 is 0 Å². The molecule has 0 bridgehead atoms. The van der Waals surface area contributed by atoms with E-state index in [2.05, 4.69) is 48.1 Å². The molecule has 0 aromatic heterocycles. The molecule has 210 valence electrons. The van der Waals surface area contributed by atoms with E-state index in [4.69, 9.17) is 10.7 Å². The topological polar surface area (TPSA) is 53.6 Å². The van der Waals surface area contributed by atoms with E-state index in [1.807, 2.05) is 30.3 Å². The molecule has 0 fully saturated rings. The van der Waals surface area contributed by atoms with E-state index in [-0.39, 0.29) is 5.82 Å². The van der Waals surface area contributed by atoms with Gasteiger partial charge in [0.05, 0.1) is 11.4 Å². The molecule has 4 nitrogen and oxygen atoms in total. The number of halogens is 1. The zero-order valence-electron chi connectivity index (χ0n) is 22.5. The lowest BCUT2D eigenvalue weighted by Gasteiger charge is -2.21. The first-order chi connectivity index (χ1) is 18.5. The van der Waals surface area contributed by atoms with E-state index in [1.54, 1.807) is 12.1 Å². The largest absolute Gasteiger partial charge is 0.402 e. The predicted octanol–water partition coefficient (Wildman–Crippen LogP) is 6.95. The number of hydrogen-bond donors (Lipinski definition) is 5. The molecule has 0 unspecified atom stereocenters. The highest BCUT2D eigenvalue weighted by atomic mass is 32.1. The number of nitrogens with one attached hydrogen (secondary N) is 1. The number of rotatable bonds is 20. The lowest BCUT2D eigenvalue weighted by Crippen LogP contribution is -2.34. The minimum absolute atomic E-state index is 0.267. The molecular weight excluding hydrogens is 532 g/mol. The summed E-state index contributed by atoms with van der Waals surface area (Å²) >= 11 is 13.0. The predicted molar refractivity (Wildman–Crippen MR) is 173 cm³/mol. The molecule has 0 radical (unpaired) electrons. The highest BCUT2D eigenvalue weighted by Crippen LogP contribution is 2.19. The molecule has 0 aliphatic carbocycles. The van der Waals surface area contributed by atoms with Crippen molar-refractivity contribution < 1.29 is 4.39 Å². The second-order valence-corrected chi connectivity index (χ2v) is 10.9. The van der Waals surface area contributed by atoms with Crippen LogP contribution in [0.3, 0.4) is 0 Å². The Morgan fingerprint density at radius 1 is 0.816 bits per heavy atom. The summed E-state index contributed by atoms with van der Waals surface area (Å²) in [6.45, 7) is 5.27. The Bertz CT molecular complexity index is 949. The molecule has 0 atom stereocenters. The van der Waals surface area contributed by atoms with Gasteiger partial charge in [0, 0.05) is 53.8 Å². The van der Waals surface area contributed by atoms with Gasteiger partial charge in [0.2, 0.25) is 0 Å². The van der Waals surface area contributed by atoms with Crippen LogP contribution in [0.2, 0.25) is 0 Å². The maximum atomic E-state index is 13.5. The highest BCUT2D eigenvalue weighted by molar-refractivity contribution is 7.80. The Hall–Kier alpha value is -1.45. The van der Waals surface area contributed by atoms with Gasteiger partial charge in [0.15, 0.2) is 0 Å². The number of aliphatic imine (C=N–C) groups is 1. The highest BCUT2D eigenvalue weighted by Gasteiger charge is 2.05. The van der Waals surface area contributed by atoms with Crippen LogP contribution in [-0.4, -0.2) is 54.8 Å². The Morgan fingerprint density at radius 2 is 1.47 bits per heavy atom. The summed E-state index contributed by atoms with van der Waals surface area (Å²) in [5.74, 6) is 1.52. The van der Waals surface area contributed by atoms with Crippen molar-refractivity contribution in [3.63, 3.8) is 0 Å². The molecule has 0 saturated carbocycles. The van der Waals surface area contributed by atoms with Gasteiger partial charge < -0.3 is 16.0 Å². The molecule has 2 aromatic carbocycles. The van der Waals surface area contributed by atoms with Gasteiger partial charge in [-0.25, -0.2) is 9.38 Å². The first-order valence-electron chi connectivity index (χ1n) is 13.8. The standard InChI is InChI=1S/C30H45FN4S3/c31-26-11-9-25(10-12-26)30(34-28-13-15-29(38)16-14-28)24-27(32)8-6-4-2-1-3-5-7-19-35(21-23-37)20-17-33-18-22-36/h9-16,24,33,36-38H,1-8,17-23,32H2/b27-24-,34-30?. The Labute approximate surface area is 246 Å². The molecule has 0 saturated heterocycles. The molecule has 0 amide bonds. The van der Waals surface area contributed by atoms with Gasteiger partial charge in [0.25, 0.3) is 0 Å². The maximum Gasteiger partial charge on any atom is 0.123 e. The zero-order valence-corrected chi connectivity index (χ0v) is 25.2. The summed E-state index contributed by atoms with van der Waals surface area (Å²) in [5, 5.41) is 3.42. The summed E-state index contributed by atoms with van der Waals surface area (Å²) < 4.78 is 13.5. The van der Waals surface area contributed by atoms with Crippen molar-refractivity contribution >= 4 is 49.3 Å². The maximum absolute atomic E-state index is 13.5. The van der Waals surface area contributed by atoms with Gasteiger partial charge in [-0.2, -0.15) is 25.3 Å². The zero-order chi connectivity index (χ0) is 27.4. The van der Waals surface area contributed by atoms with Crippen molar-refractivity contribution in [3.05, 3.63) is 71.7 Å². The van der Waals surface area contributed by atoms with Gasteiger partial charge in [-0.1, -0.05) is 32.1 Å². The third-order valence-electron chi connectivity index (χ3n) is 6.31. The van der Waals surface area contributed by atoms with Crippen molar-refractivity contribution in [2.45, 2.75) is 56.3 Å². The van der Waals surface area contributed by atoms with Crippen LogP contribution in [0.5, 0.6) is 0 Å². The molecule has 8 heteroatoms. The minimum atomic E-state index is -0.267. The van der Waals surface area contributed by atoms with Crippen molar-refractivity contribution in [1.29, 1.82) is 0 Å². The summed E-state index contributed by atoms with van der Waals surface area (Å²) in [6.07, 6.45) is 11.3. The van der Waals surface area contributed by atoms with Crippen LogP contribution < -0.4 is 11.1 Å². The monoisotopic (exact) mass is 576 g/mol. The Morgan fingerprint density at radius 3 is 2.13 bits per heavy atom. The molecule has 0 spiro atoms. The van der Waals surface area contributed by atoms with Gasteiger partial charge in [-0.05, 0) is 80.4 Å². The first-order valence-corrected chi connectivity index (χ1v) is 15.5. The Balaban J connectivity index is 1.71. The molecule has 0 aliphatic rings. The SMILES string of the molecule is N/C(=C\C(=Nc1ccc(S)cc1)c1ccc(F)cc1)CCCCCCCCCN(CCS)CCNCCS. The van der Waals surface area contributed by atoms with Crippen LogP contribution in [0.15, 0.2) is 70.2 Å².